The average Bonchev–Trinajstić information content (AvgIpc) is 2.59. The van der Waals surface area contributed by atoms with Gasteiger partial charge in [0.25, 0.3) is 0 Å². The Morgan fingerprint density at radius 2 is 2.11 bits per heavy atom. The van der Waals surface area contributed by atoms with Gasteiger partial charge in [0.15, 0.2) is 5.82 Å². The molecule has 0 saturated carbocycles. The second kappa shape index (κ2) is 5.10. The van der Waals surface area contributed by atoms with Crippen molar-refractivity contribution in [2.24, 2.45) is 7.05 Å². The molecule has 5 nitrogen and oxygen atoms in total. The molecular weight excluding hydrogens is 228 g/mol. The molecule has 0 radical (unpaired) electrons. The highest BCUT2D eigenvalue weighted by atomic mass is 16.5. The molecule has 0 aliphatic heterocycles. The summed E-state index contributed by atoms with van der Waals surface area (Å²) in [5.74, 6) is 0.802. The number of ether oxygens (including phenoxy) is 1. The molecule has 0 saturated heterocycles. The van der Waals surface area contributed by atoms with Gasteiger partial charge in [-0.25, -0.2) is 0 Å². The summed E-state index contributed by atoms with van der Waals surface area (Å²) in [6.45, 7) is 2.45. The van der Waals surface area contributed by atoms with Gasteiger partial charge in [0.1, 0.15) is 0 Å². The van der Waals surface area contributed by atoms with Gasteiger partial charge in [0, 0.05) is 25.4 Å². The maximum absolute atomic E-state index is 6.00. The Morgan fingerprint density at radius 1 is 1.39 bits per heavy atom. The van der Waals surface area contributed by atoms with Crippen LogP contribution in [0.1, 0.15) is 11.3 Å². The lowest BCUT2D eigenvalue weighted by atomic mass is 10.2. The van der Waals surface area contributed by atoms with Gasteiger partial charge in [-0.2, -0.15) is 5.10 Å². The molecule has 1 aromatic carbocycles. The second-order valence-corrected chi connectivity index (χ2v) is 4.19. The number of para-hydroxylation sites is 1. The number of benzene rings is 1. The number of hydrogen-bond acceptors (Lipinski definition) is 4. The highest BCUT2D eigenvalue weighted by molar-refractivity contribution is 5.72. The van der Waals surface area contributed by atoms with Crippen molar-refractivity contribution < 1.29 is 4.74 Å². The van der Waals surface area contributed by atoms with E-state index in [2.05, 4.69) is 10.4 Å². The van der Waals surface area contributed by atoms with Gasteiger partial charge in [-0.3, -0.25) is 4.68 Å². The predicted octanol–water partition coefficient (Wildman–Crippen LogP) is 2.20. The molecule has 0 atom stereocenters. The van der Waals surface area contributed by atoms with Gasteiger partial charge >= 0.3 is 0 Å². The molecule has 96 valence electrons. The Bertz CT molecular complexity index is 548. The predicted molar refractivity (Wildman–Crippen MR) is 72.8 cm³/mol. The van der Waals surface area contributed by atoms with E-state index in [4.69, 9.17) is 10.5 Å². The van der Waals surface area contributed by atoms with Crippen molar-refractivity contribution in [3.63, 3.8) is 0 Å². The largest absolute Gasteiger partial charge is 0.394 e. The second-order valence-electron chi connectivity index (χ2n) is 4.19. The van der Waals surface area contributed by atoms with E-state index in [1.807, 2.05) is 38.2 Å². The van der Waals surface area contributed by atoms with Crippen LogP contribution in [0.5, 0.6) is 0 Å². The molecule has 2 rings (SSSR count). The number of nitrogens with one attached hydrogen (secondary N) is 1. The van der Waals surface area contributed by atoms with Crippen LogP contribution in [0.3, 0.4) is 0 Å². The molecular formula is C13H18N4O. The number of nitrogens with two attached hydrogens (primary N) is 1. The molecule has 0 bridgehead atoms. The molecule has 0 amide bonds. The number of rotatable bonds is 4. The van der Waals surface area contributed by atoms with E-state index in [1.54, 1.807) is 11.8 Å². The molecule has 0 unspecified atom stereocenters. The molecule has 0 spiro atoms. The lowest BCUT2D eigenvalue weighted by Crippen LogP contribution is -2.03. The van der Waals surface area contributed by atoms with Crippen LogP contribution in [0, 0.1) is 6.92 Å². The third-order valence-electron chi connectivity index (χ3n) is 2.84. The normalized spacial score (nSPS) is 10.6. The monoisotopic (exact) mass is 246 g/mol. The number of aromatic nitrogens is 2. The van der Waals surface area contributed by atoms with Gasteiger partial charge in [-0.1, -0.05) is 18.2 Å². The van der Waals surface area contributed by atoms with E-state index in [9.17, 15) is 0 Å². The molecule has 5 heteroatoms. The van der Waals surface area contributed by atoms with Gasteiger partial charge in [-0.15, -0.1) is 0 Å². The Labute approximate surface area is 107 Å². The summed E-state index contributed by atoms with van der Waals surface area (Å²) in [6.07, 6.45) is 0. The molecule has 3 N–H and O–H groups in total. The smallest absolute Gasteiger partial charge is 0.152 e. The topological polar surface area (TPSA) is 65.1 Å². The molecule has 2 aromatic rings. The minimum absolute atomic E-state index is 0.555. The molecule has 18 heavy (non-hydrogen) atoms. The van der Waals surface area contributed by atoms with Crippen LogP contribution in [0.4, 0.5) is 17.2 Å². The van der Waals surface area contributed by atoms with Gasteiger partial charge in [0.05, 0.1) is 18.0 Å². The number of methoxy groups -OCH3 is 1. The number of anilines is 3. The molecule has 0 aliphatic rings. The standard InChI is InChI=1S/C13H18N4O/c1-9-12(14)13(17(2)16-9)15-11-7-5-4-6-10(11)8-18-3/h4-7,15H,8,14H2,1-3H3. The summed E-state index contributed by atoms with van der Waals surface area (Å²) in [5, 5.41) is 7.59. The Balaban J connectivity index is 2.34. The molecule has 1 aromatic heterocycles. The fraction of sp³-hybridized carbons (Fsp3) is 0.308. The summed E-state index contributed by atoms with van der Waals surface area (Å²) in [7, 11) is 3.55. The maximum atomic E-state index is 6.00. The van der Waals surface area contributed by atoms with Crippen LogP contribution in [0.2, 0.25) is 0 Å². The summed E-state index contributed by atoms with van der Waals surface area (Å²) >= 11 is 0. The van der Waals surface area contributed by atoms with Crippen LogP contribution in [-0.4, -0.2) is 16.9 Å². The van der Waals surface area contributed by atoms with Crippen molar-refractivity contribution in [1.82, 2.24) is 9.78 Å². The van der Waals surface area contributed by atoms with Crippen molar-refractivity contribution >= 4 is 17.2 Å². The van der Waals surface area contributed by atoms with Crippen molar-refractivity contribution in [3.8, 4) is 0 Å². The number of aryl methyl sites for hydroxylation is 2. The van der Waals surface area contributed by atoms with Gasteiger partial charge < -0.3 is 15.8 Å². The summed E-state index contributed by atoms with van der Waals surface area (Å²) in [6, 6.07) is 7.97. The van der Waals surface area contributed by atoms with Crippen LogP contribution < -0.4 is 11.1 Å². The maximum Gasteiger partial charge on any atom is 0.152 e. The fourth-order valence-corrected chi connectivity index (χ4v) is 1.87. The summed E-state index contributed by atoms with van der Waals surface area (Å²) in [5.41, 5.74) is 9.55. The van der Waals surface area contributed by atoms with E-state index in [0.29, 0.717) is 12.3 Å². The van der Waals surface area contributed by atoms with E-state index < -0.39 is 0 Å². The van der Waals surface area contributed by atoms with Crippen molar-refractivity contribution in [2.45, 2.75) is 13.5 Å². The molecule has 1 heterocycles. The third-order valence-corrected chi connectivity index (χ3v) is 2.84. The Hall–Kier alpha value is -2.01. The highest BCUT2D eigenvalue weighted by Gasteiger charge is 2.11. The lowest BCUT2D eigenvalue weighted by molar-refractivity contribution is 0.185. The van der Waals surface area contributed by atoms with Gasteiger partial charge in [-0.05, 0) is 13.0 Å². The third kappa shape index (κ3) is 2.31. The summed E-state index contributed by atoms with van der Waals surface area (Å²) in [4.78, 5) is 0. The minimum atomic E-state index is 0.555. The molecule has 0 aliphatic carbocycles. The van der Waals surface area contributed by atoms with Crippen LogP contribution in [-0.2, 0) is 18.4 Å². The number of nitrogens with zero attached hydrogens (tertiary/aromatic N) is 2. The zero-order valence-electron chi connectivity index (χ0n) is 10.9. The average molecular weight is 246 g/mol. The Morgan fingerprint density at radius 3 is 2.72 bits per heavy atom. The first kappa shape index (κ1) is 12.4. The first-order chi connectivity index (χ1) is 8.63. The van der Waals surface area contributed by atoms with Crippen LogP contribution >= 0.6 is 0 Å². The quantitative estimate of drug-likeness (QED) is 0.868. The Kier molecular flexibility index (Phi) is 3.53. The van der Waals surface area contributed by atoms with E-state index >= 15 is 0 Å². The van der Waals surface area contributed by atoms with Crippen molar-refractivity contribution in [1.29, 1.82) is 0 Å². The zero-order chi connectivity index (χ0) is 13.1. The number of nitrogen functional groups attached to an aromatic ring is 1. The van der Waals surface area contributed by atoms with Gasteiger partial charge in [0.2, 0.25) is 0 Å². The fourth-order valence-electron chi connectivity index (χ4n) is 1.87. The lowest BCUT2D eigenvalue weighted by Gasteiger charge is -2.12. The first-order valence-electron chi connectivity index (χ1n) is 5.76. The minimum Gasteiger partial charge on any atom is -0.394 e. The van der Waals surface area contributed by atoms with E-state index in [-0.39, 0.29) is 0 Å². The SMILES string of the molecule is COCc1ccccc1Nc1c(N)c(C)nn1C. The zero-order valence-corrected chi connectivity index (χ0v) is 10.9. The van der Waals surface area contributed by atoms with E-state index in [1.165, 1.54) is 0 Å². The first-order valence-corrected chi connectivity index (χ1v) is 5.76. The number of hydrogen-bond donors (Lipinski definition) is 2. The molecule has 0 fully saturated rings. The van der Waals surface area contributed by atoms with Crippen molar-refractivity contribution in [3.05, 3.63) is 35.5 Å². The highest BCUT2D eigenvalue weighted by Crippen LogP contribution is 2.27. The van der Waals surface area contributed by atoms with Crippen LogP contribution in [0.15, 0.2) is 24.3 Å². The summed E-state index contributed by atoms with van der Waals surface area (Å²) < 4.78 is 6.92. The van der Waals surface area contributed by atoms with E-state index in [0.717, 1.165) is 22.8 Å². The van der Waals surface area contributed by atoms with Crippen LogP contribution in [0.25, 0.3) is 0 Å². The van der Waals surface area contributed by atoms with Crippen molar-refractivity contribution in [2.75, 3.05) is 18.2 Å².